The molecule has 0 bridgehead atoms. The molecule has 0 radical (unpaired) electrons. The first-order valence-corrected chi connectivity index (χ1v) is 6.80. The number of rotatable bonds is 3. The molecule has 1 N–H and O–H groups in total. The van der Waals surface area contributed by atoms with Gasteiger partial charge in [0, 0.05) is 31.7 Å². The Hall–Kier alpha value is -0.920. The van der Waals surface area contributed by atoms with Gasteiger partial charge in [-0.15, -0.1) is 0 Å². The molecule has 0 aliphatic carbocycles. The van der Waals surface area contributed by atoms with Crippen LogP contribution in [0.3, 0.4) is 0 Å². The number of halogens is 6. The lowest BCUT2D eigenvalue weighted by Crippen LogP contribution is -2.46. The van der Waals surface area contributed by atoms with Gasteiger partial charge in [0.2, 0.25) is 0 Å². The molecule has 1 aromatic carbocycles. The van der Waals surface area contributed by atoms with Crippen molar-refractivity contribution in [1.29, 1.82) is 0 Å². The predicted octanol–water partition coefficient (Wildman–Crippen LogP) is 3.41. The first-order valence-electron chi connectivity index (χ1n) is 6.42. The van der Waals surface area contributed by atoms with E-state index in [1.54, 1.807) is 0 Å². The maximum absolute atomic E-state index is 14.1. The fourth-order valence-corrected chi connectivity index (χ4v) is 2.66. The van der Waals surface area contributed by atoms with Crippen LogP contribution in [0.2, 0.25) is 5.02 Å². The van der Waals surface area contributed by atoms with E-state index >= 15 is 0 Å². The first-order chi connectivity index (χ1) is 9.86. The van der Waals surface area contributed by atoms with E-state index in [1.807, 2.05) is 0 Å². The third-order valence-corrected chi connectivity index (χ3v) is 3.80. The second-order valence-corrected chi connectivity index (χ2v) is 5.18. The monoisotopic (exact) mass is 328 g/mol. The lowest BCUT2D eigenvalue weighted by molar-refractivity contribution is -0.139. The maximum Gasteiger partial charge on any atom is 0.416 e. The van der Waals surface area contributed by atoms with Gasteiger partial charge in [0.15, 0.2) is 0 Å². The van der Waals surface area contributed by atoms with Gasteiger partial charge in [-0.2, -0.15) is 13.2 Å². The van der Waals surface area contributed by atoms with Gasteiger partial charge in [-0.25, -0.2) is 8.78 Å². The van der Waals surface area contributed by atoms with E-state index in [0.717, 1.165) is 6.07 Å². The summed E-state index contributed by atoms with van der Waals surface area (Å²) in [5.74, 6) is -1.20. The van der Waals surface area contributed by atoms with Gasteiger partial charge in [0.05, 0.1) is 16.6 Å². The Labute approximate surface area is 123 Å². The minimum Gasteiger partial charge on any atom is -0.314 e. The quantitative estimate of drug-likeness (QED) is 0.855. The smallest absolute Gasteiger partial charge is 0.314 e. The molecule has 1 saturated heterocycles. The summed E-state index contributed by atoms with van der Waals surface area (Å²) in [6, 6.07) is 0.254. The fraction of sp³-hybridized carbons (Fsp3) is 0.538. The molecular weight excluding hydrogens is 315 g/mol. The fourth-order valence-electron chi connectivity index (χ4n) is 2.49. The van der Waals surface area contributed by atoms with Crippen molar-refractivity contribution in [2.45, 2.75) is 12.2 Å². The molecule has 118 valence electrons. The van der Waals surface area contributed by atoms with Gasteiger partial charge < -0.3 is 5.32 Å². The van der Waals surface area contributed by atoms with Crippen LogP contribution in [0, 0.1) is 5.82 Å². The number of nitrogens with one attached hydrogen (secondary N) is 1. The van der Waals surface area contributed by atoms with Crippen LogP contribution in [0.1, 0.15) is 17.2 Å². The topological polar surface area (TPSA) is 15.3 Å². The van der Waals surface area contributed by atoms with Crippen LogP contribution < -0.4 is 5.32 Å². The molecule has 1 heterocycles. The summed E-state index contributed by atoms with van der Waals surface area (Å²) < 4.78 is 66.7. The standard InChI is InChI=1S/C13H14ClF5N2/c14-9-2-1-8(13(17,18)19)11(12(9)16)10(7-15)21-5-3-20-4-6-21/h1-2,10,20H,3-7H2/t10-/m1/s1. The SMILES string of the molecule is FC[C@H](c1c(C(F)(F)F)ccc(Cl)c1F)N1CCNCC1. The third-order valence-electron chi connectivity index (χ3n) is 3.51. The number of nitrogens with zero attached hydrogens (tertiary/aromatic N) is 1. The number of hydrogen-bond donors (Lipinski definition) is 1. The normalized spacial score (nSPS) is 18.8. The summed E-state index contributed by atoms with van der Waals surface area (Å²) >= 11 is 5.58. The van der Waals surface area contributed by atoms with Crippen molar-refractivity contribution >= 4 is 11.6 Å². The maximum atomic E-state index is 14.1. The highest BCUT2D eigenvalue weighted by molar-refractivity contribution is 6.30. The lowest BCUT2D eigenvalue weighted by Gasteiger charge is -2.35. The Bertz CT molecular complexity index is 500. The number of alkyl halides is 4. The molecule has 2 nitrogen and oxygen atoms in total. The summed E-state index contributed by atoms with van der Waals surface area (Å²) in [6.07, 6.45) is -4.76. The molecule has 0 saturated carbocycles. The molecule has 0 spiro atoms. The Kier molecular flexibility index (Phi) is 5.06. The van der Waals surface area contributed by atoms with Crippen molar-refractivity contribution in [3.63, 3.8) is 0 Å². The number of benzene rings is 1. The molecule has 1 aromatic rings. The highest BCUT2D eigenvalue weighted by atomic mass is 35.5. The summed E-state index contributed by atoms with van der Waals surface area (Å²) in [5, 5.41) is 2.57. The van der Waals surface area contributed by atoms with Gasteiger partial charge in [0.1, 0.15) is 12.5 Å². The van der Waals surface area contributed by atoms with Crippen LogP contribution in [0.5, 0.6) is 0 Å². The molecule has 1 aliphatic heterocycles. The van der Waals surface area contributed by atoms with E-state index in [2.05, 4.69) is 5.32 Å². The lowest BCUT2D eigenvalue weighted by atomic mass is 9.98. The molecule has 1 aliphatic rings. The minimum absolute atomic E-state index is 0.345. The van der Waals surface area contributed by atoms with Gasteiger partial charge in [-0.05, 0) is 12.1 Å². The first kappa shape index (κ1) is 16.5. The van der Waals surface area contributed by atoms with E-state index in [1.165, 1.54) is 4.90 Å². The molecule has 8 heteroatoms. The van der Waals surface area contributed by atoms with Crippen LogP contribution in [-0.2, 0) is 6.18 Å². The summed E-state index contributed by atoms with van der Waals surface area (Å²) in [6.45, 7) is 0.607. The predicted molar refractivity (Wildman–Crippen MR) is 69.6 cm³/mol. The van der Waals surface area contributed by atoms with E-state index in [0.29, 0.717) is 32.2 Å². The van der Waals surface area contributed by atoms with Crippen LogP contribution in [0.4, 0.5) is 22.0 Å². The van der Waals surface area contributed by atoms with Crippen molar-refractivity contribution in [3.8, 4) is 0 Å². The van der Waals surface area contributed by atoms with Crippen LogP contribution in [0.25, 0.3) is 0 Å². The van der Waals surface area contributed by atoms with Gasteiger partial charge in [-0.1, -0.05) is 11.6 Å². The molecule has 1 atom stereocenters. The average Bonchev–Trinajstić information content (AvgIpc) is 2.44. The van der Waals surface area contributed by atoms with E-state index < -0.39 is 40.9 Å². The highest BCUT2D eigenvalue weighted by Gasteiger charge is 2.39. The van der Waals surface area contributed by atoms with Gasteiger partial charge >= 0.3 is 6.18 Å². The second kappa shape index (κ2) is 6.46. The Balaban J connectivity index is 2.50. The van der Waals surface area contributed by atoms with E-state index in [-0.39, 0.29) is 0 Å². The Morgan fingerprint density at radius 3 is 2.38 bits per heavy atom. The summed E-state index contributed by atoms with van der Waals surface area (Å²) in [4.78, 5) is 1.50. The zero-order valence-electron chi connectivity index (χ0n) is 11.0. The van der Waals surface area contributed by atoms with Crippen molar-refractivity contribution in [3.05, 3.63) is 34.1 Å². The second-order valence-electron chi connectivity index (χ2n) is 4.78. The molecule has 0 amide bonds. The average molecular weight is 329 g/mol. The van der Waals surface area contributed by atoms with E-state index in [9.17, 15) is 22.0 Å². The molecular formula is C13H14ClF5N2. The molecule has 0 unspecified atom stereocenters. The molecule has 1 fully saturated rings. The molecule has 21 heavy (non-hydrogen) atoms. The summed E-state index contributed by atoms with van der Waals surface area (Å²) in [7, 11) is 0. The van der Waals surface area contributed by atoms with Crippen molar-refractivity contribution in [2.24, 2.45) is 0 Å². The zero-order chi connectivity index (χ0) is 15.6. The third kappa shape index (κ3) is 3.46. The zero-order valence-corrected chi connectivity index (χ0v) is 11.7. The van der Waals surface area contributed by atoms with Crippen molar-refractivity contribution in [2.75, 3.05) is 32.9 Å². The number of piperazine rings is 1. The van der Waals surface area contributed by atoms with Crippen molar-refractivity contribution in [1.82, 2.24) is 10.2 Å². The Morgan fingerprint density at radius 2 is 1.86 bits per heavy atom. The largest absolute Gasteiger partial charge is 0.416 e. The van der Waals surface area contributed by atoms with Crippen LogP contribution in [0.15, 0.2) is 12.1 Å². The minimum atomic E-state index is -4.76. The number of hydrogen-bond acceptors (Lipinski definition) is 2. The Morgan fingerprint density at radius 1 is 1.24 bits per heavy atom. The van der Waals surface area contributed by atoms with Crippen LogP contribution >= 0.6 is 11.6 Å². The molecule has 0 aromatic heterocycles. The molecule has 2 rings (SSSR count). The van der Waals surface area contributed by atoms with Crippen LogP contribution in [-0.4, -0.2) is 37.8 Å². The van der Waals surface area contributed by atoms with Gasteiger partial charge in [-0.3, -0.25) is 4.90 Å². The highest BCUT2D eigenvalue weighted by Crippen LogP contribution is 2.40. The van der Waals surface area contributed by atoms with Gasteiger partial charge in [0.25, 0.3) is 0 Å². The summed E-state index contributed by atoms with van der Waals surface area (Å²) in [5.41, 5.74) is -1.88. The van der Waals surface area contributed by atoms with E-state index in [4.69, 9.17) is 11.6 Å². The van der Waals surface area contributed by atoms with Crippen molar-refractivity contribution < 1.29 is 22.0 Å².